The standard InChI is InChI=1S/C17H21NO3S/c1-13-5-7-15(8-6-13)21-14(2)17(19)18-9-11-22-12-16-4-3-10-20-16/h3-8,10,14H,9,11-12H2,1-2H3,(H,18,19)/t14-/m0/s1. The molecule has 0 bridgehead atoms. The molecule has 1 atom stereocenters. The molecule has 0 spiro atoms. The molecular weight excluding hydrogens is 298 g/mol. The Morgan fingerprint density at radius 3 is 2.77 bits per heavy atom. The van der Waals surface area contributed by atoms with Gasteiger partial charge in [-0.1, -0.05) is 17.7 Å². The molecule has 0 aliphatic carbocycles. The molecule has 0 radical (unpaired) electrons. The van der Waals surface area contributed by atoms with Gasteiger partial charge in [-0.3, -0.25) is 4.79 Å². The van der Waals surface area contributed by atoms with Gasteiger partial charge in [0.2, 0.25) is 0 Å². The second-order valence-corrected chi connectivity index (χ2v) is 6.10. The Hall–Kier alpha value is -1.88. The number of hydrogen-bond donors (Lipinski definition) is 1. The highest BCUT2D eigenvalue weighted by Crippen LogP contribution is 2.14. The van der Waals surface area contributed by atoms with Crippen LogP contribution >= 0.6 is 11.8 Å². The van der Waals surface area contributed by atoms with Gasteiger partial charge in [-0.05, 0) is 38.1 Å². The summed E-state index contributed by atoms with van der Waals surface area (Å²) in [5.41, 5.74) is 1.16. The summed E-state index contributed by atoms with van der Waals surface area (Å²) < 4.78 is 10.9. The highest BCUT2D eigenvalue weighted by atomic mass is 32.2. The van der Waals surface area contributed by atoms with Gasteiger partial charge in [0, 0.05) is 12.3 Å². The molecule has 1 N–H and O–H groups in total. The fourth-order valence-electron chi connectivity index (χ4n) is 1.83. The summed E-state index contributed by atoms with van der Waals surface area (Å²) in [4.78, 5) is 11.9. The number of thioether (sulfide) groups is 1. The fraction of sp³-hybridized carbons (Fsp3) is 0.353. The lowest BCUT2D eigenvalue weighted by Gasteiger charge is -2.14. The molecule has 22 heavy (non-hydrogen) atoms. The van der Waals surface area contributed by atoms with E-state index in [1.807, 2.05) is 43.3 Å². The molecule has 0 saturated heterocycles. The van der Waals surface area contributed by atoms with E-state index in [0.29, 0.717) is 12.3 Å². The van der Waals surface area contributed by atoms with Crippen molar-refractivity contribution < 1.29 is 13.9 Å². The summed E-state index contributed by atoms with van der Waals surface area (Å²) in [6, 6.07) is 11.5. The minimum absolute atomic E-state index is 0.0980. The zero-order valence-corrected chi connectivity index (χ0v) is 13.7. The average Bonchev–Trinajstić information content (AvgIpc) is 3.02. The summed E-state index contributed by atoms with van der Waals surface area (Å²) in [7, 11) is 0. The van der Waals surface area contributed by atoms with Crippen molar-refractivity contribution in [2.45, 2.75) is 25.7 Å². The molecule has 0 saturated carbocycles. The molecule has 2 aromatic rings. The highest BCUT2D eigenvalue weighted by molar-refractivity contribution is 7.98. The number of rotatable bonds is 8. The third-order valence-electron chi connectivity index (χ3n) is 3.07. The number of nitrogens with one attached hydrogen (secondary N) is 1. The zero-order valence-electron chi connectivity index (χ0n) is 12.9. The lowest BCUT2D eigenvalue weighted by atomic mass is 10.2. The highest BCUT2D eigenvalue weighted by Gasteiger charge is 2.13. The molecule has 0 aliphatic heterocycles. The van der Waals surface area contributed by atoms with Crippen LogP contribution < -0.4 is 10.1 Å². The van der Waals surface area contributed by atoms with Gasteiger partial charge in [0.25, 0.3) is 5.91 Å². The normalized spacial score (nSPS) is 11.9. The molecular formula is C17H21NO3S. The van der Waals surface area contributed by atoms with E-state index in [0.717, 1.165) is 22.8 Å². The van der Waals surface area contributed by atoms with Crippen LogP contribution in [0.1, 0.15) is 18.2 Å². The molecule has 0 unspecified atom stereocenters. The number of furan rings is 1. The van der Waals surface area contributed by atoms with Crippen LogP contribution in [0, 0.1) is 6.92 Å². The lowest BCUT2D eigenvalue weighted by Crippen LogP contribution is -2.37. The predicted octanol–water partition coefficient (Wildman–Crippen LogP) is 3.40. The first-order chi connectivity index (χ1) is 10.6. The topological polar surface area (TPSA) is 51.5 Å². The first-order valence-electron chi connectivity index (χ1n) is 7.26. The summed E-state index contributed by atoms with van der Waals surface area (Å²) >= 11 is 1.72. The van der Waals surface area contributed by atoms with Crippen LogP contribution in [-0.2, 0) is 10.5 Å². The van der Waals surface area contributed by atoms with Crippen LogP contribution in [0.2, 0.25) is 0 Å². The maximum atomic E-state index is 11.9. The minimum Gasteiger partial charge on any atom is -0.481 e. The Kier molecular flexibility index (Phi) is 6.40. The predicted molar refractivity (Wildman–Crippen MR) is 89.1 cm³/mol. The molecule has 5 heteroatoms. The van der Waals surface area contributed by atoms with Gasteiger partial charge in [0.1, 0.15) is 11.5 Å². The molecule has 1 aromatic heterocycles. The lowest BCUT2D eigenvalue weighted by molar-refractivity contribution is -0.127. The average molecular weight is 319 g/mol. The van der Waals surface area contributed by atoms with Crippen LogP contribution in [0.4, 0.5) is 0 Å². The summed E-state index contributed by atoms with van der Waals surface area (Å²) in [5.74, 6) is 3.22. The third kappa shape index (κ3) is 5.48. The summed E-state index contributed by atoms with van der Waals surface area (Å²) in [5, 5.41) is 2.88. The van der Waals surface area contributed by atoms with Gasteiger partial charge < -0.3 is 14.5 Å². The number of hydrogen-bond acceptors (Lipinski definition) is 4. The number of ether oxygens (including phenoxy) is 1. The van der Waals surface area contributed by atoms with Crippen molar-refractivity contribution in [1.82, 2.24) is 5.32 Å². The van der Waals surface area contributed by atoms with Crippen LogP contribution in [0.15, 0.2) is 47.1 Å². The second-order valence-electron chi connectivity index (χ2n) is 5.00. The SMILES string of the molecule is Cc1ccc(O[C@@H](C)C(=O)NCCSCc2ccco2)cc1. The molecule has 0 fully saturated rings. The molecule has 1 heterocycles. The number of aryl methyl sites for hydroxylation is 1. The Bertz CT molecular complexity index is 566. The third-order valence-corrected chi connectivity index (χ3v) is 4.05. The van der Waals surface area contributed by atoms with E-state index in [-0.39, 0.29) is 5.91 Å². The van der Waals surface area contributed by atoms with Crippen molar-refractivity contribution in [2.24, 2.45) is 0 Å². The van der Waals surface area contributed by atoms with Gasteiger partial charge >= 0.3 is 0 Å². The largest absolute Gasteiger partial charge is 0.481 e. The van der Waals surface area contributed by atoms with E-state index in [9.17, 15) is 4.79 Å². The van der Waals surface area contributed by atoms with Crippen LogP contribution in [0.3, 0.4) is 0 Å². The van der Waals surface area contributed by atoms with Gasteiger partial charge in [0.15, 0.2) is 6.10 Å². The Balaban J connectivity index is 1.62. The molecule has 4 nitrogen and oxygen atoms in total. The Labute approximate surface area is 135 Å². The number of benzene rings is 1. The maximum Gasteiger partial charge on any atom is 0.260 e. The quantitative estimate of drug-likeness (QED) is 0.758. The van der Waals surface area contributed by atoms with Gasteiger partial charge in [-0.25, -0.2) is 0 Å². The molecule has 1 aromatic carbocycles. The second kappa shape index (κ2) is 8.54. The van der Waals surface area contributed by atoms with Gasteiger partial charge in [-0.2, -0.15) is 11.8 Å². The van der Waals surface area contributed by atoms with Crippen LogP contribution in [0.5, 0.6) is 5.75 Å². The Morgan fingerprint density at radius 1 is 1.32 bits per heavy atom. The van der Waals surface area contributed by atoms with Crippen LogP contribution in [-0.4, -0.2) is 24.3 Å². The van der Waals surface area contributed by atoms with Crippen molar-refractivity contribution in [3.05, 3.63) is 54.0 Å². The van der Waals surface area contributed by atoms with E-state index in [1.54, 1.807) is 24.9 Å². The number of carbonyl (C=O) groups excluding carboxylic acids is 1. The molecule has 118 valence electrons. The Morgan fingerprint density at radius 2 is 2.09 bits per heavy atom. The monoisotopic (exact) mass is 319 g/mol. The van der Waals surface area contributed by atoms with E-state index in [2.05, 4.69) is 5.32 Å². The summed E-state index contributed by atoms with van der Waals surface area (Å²) in [6.45, 7) is 4.39. The van der Waals surface area contributed by atoms with E-state index >= 15 is 0 Å². The summed E-state index contributed by atoms with van der Waals surface area (Å²) in [6.07, 6.45) is 1.17. The smallest absolute Gasteiger partial charge is 0.260 e. The first kappa shape index (κ1) is 16.5. The molecule has 2 rings (SSSR count). The van der Waals surface area contributed by atoms with E-state index in [1.165, 1.54) is 0 Å². The van der Waals surface area contributed by atoms with Crippen molar-refractivity contribution >= 4 is 17.7 Å². The van der Waals surface area contributed by atoms with Crippen molar-refractivity contribution in [1.29, 1.82) is 0 Å². The maximum absolute atomic E-state index is 11.9. The minimum atomic E-state index is -0.502. The van der Waals surface area contributed by atoms with Gasteiger partial charge in [-0.15, -0.1) is 0 Å². The molecule has 1 amide bonds. The van der Waals surface area contributed by atoms with E-state index in [4.69, 9.17) is 9.15 Å². The van der Waals surface area contributed by atoms with Gasteiger partial charge in [0.05, 0.1) is 12.0 Å². The first-order valence-corrected chi connectivity index (χ1v) is 8.42. The fourth-order valence-corrected chi connectivity index (χ4v) is 2.59. The van der Waals surface area contributed by atoms with E-state index < -0.39 is 6.10 Å². The zero-order chi connectivity index (χ0) is 15.8. The van der Waals surface area contributed by atoms with Crippen molar-refractivity contribution in [3.8, 4) is 5.75 Å². The molecule has 0 aliphatic rings. The number of amides is 1. The van der Waals surface area contributed by atoms with Crippen molar-refractivity contribution in [2.75, 3.05) is 12.3 Å². The van der Waals surface area contributed by atoms with Crippen molar-refractivity contribution in [3.63, 3.8) is 0 Å². The number of carbonyl (C=O) groups is 1. The van der Waals surface area contributed by atoms with Crippen LogP contribution in [0.25, 0.3) is 0 Å².